The lowest BCUT2D eigenvalue weighted by molar-refractivity contribution is -0.140. The normalized spacial score (nSPS) is 37.5. The molecule has 2 aliphatic rings. The molecule has 11 heavy (non-hydrogen) atoms. The molecule has 2 fully saturated rings. The summed E-state index contributed by atoms with van der Waals surface area (Å²) in [4.78, 5) is 10.7. The second kappa shape index (κ2) is 2.48. The summed E-state index contributed by atoms with van der Waals surface area (Å²) in [5.74, 6) is 0.470. The molecule has 0 spiro atoms. The van der Waals surface area contributed by atoms with Gasteiger partial charge in [0.1, 0.15) is 6.04 Å². The molecule has 0 bridgehead atoms. The highest BCUT2D eigenvalue weighted by molar-refractivity contribution is 5.74. The molecule has 1 saturated heterocycles. The maximum atomic E-state index is 10.7. The van der Waals surface area contributed by atoms with Crippen LogP contribution in [0, 0.1) is 11.8 Å². The van der Waals surface area contributed by atoms with Crippen molar-refractivity contribution in [1.29, 1.82) is 0 Å². The first-order chi connectivity index (χ1) is 5.29. The third-order valence-electron chi connectivity index (χ3n) is 2.76. The fraction of sp³-hybridized carbons (Fsp3) is 0.875. The average molecular weight is 155 g/mol. The Kier molecular flexibility index (Phi) is 1.60. The lowest BCUT2D eigenvalue weighted by atomic mass is 9.95. The quantitative estimate of drug-likeness (QED) is 0.609. The molecule has 2 N–H and O–H groups in total. The summed E-state index contributed by atoms with van der Waals surface area (Å²) in [5.41, 5.74) is 0. The van der Waals surface area contributed by atoms with Gasteiger partial charge in [-0.1, -0.05) is 0 Å². The van der Waals surface area contributed by atoms with Gasteiger partial charge in [-0.25, -0.2) is 0 Å². The Morgan fingerprint density at radius 1 is 1.36 bits per heavy atom. The molecule has 1 saturated carbocycles. The zero-order valence-electron chi connectivity index (χ0n) is 6.42. The minimum absolute atomic E-state index is 0.248. The summed E-state index contributed by atoms with van der Waals surface area (Å²) in [6.45, 7) is 0.887. The second-order valence-electron chi connectivity index (χ2n) is 3.56. The Bertz CT molecular complexity index is 177. The number of hydrogen-bond donors (Lipinski definition) is 2. The zero-order chi connectivity index (χ0) is 7.84. The van der Waals surface area contributed by atoms with E-state index < -0.39 is 5.97 Å². The summed E-state index contributed by atoms with van der Waals surface area (Å²) in [7, 11) is 0. The van der Waals surface area contributed by atoms with E-state index in [1.807, 2.05) is 0 Å². The van der Waals surface area contributed by atoms with Gasteiger partial charge in [-0.3, -0.25) is 4.79 Å². The maximum Gasteiger partial charge on any atom is 0.320 e. The minimum Gasteiger partial charge on any atom is -0.480 e. The van der Waals surface area contributed by atoms with E-state index in [0.717, 1.165) is 13.0 Å². The topological polar surface area (TPSA) is 49.3 Å². The summed E-state index contributed by atoms with van der Waals surface area (Å²) in [6.07, 6.45) is 3.55. The summed E-state index contributed by atoms with van der Waals surface area (Å²) >= 11 is 0. The SMILES string of the molecule is O=C(O)[C@@H]1NCC[C@@H]1C1CC1. The van der Waals surface area contributed by atoms with Crippen LogP contribution < -0.4 is 5.32 Å². The Hall–Kier alpha value is -0.570. The molecule has 1 heterocycles. The van der Waals surface area contributed by atoms with Crippen molar-refractivity contribution in [2.45, 2.75) is 25.3 Å². The fourth-order valence-electron chi connectivity index (χ4n) is 2.03. The number of aliphatic carboxylic acids is 1. The van der Waals surface area contributed by atoms with Gasteiger partial charge in [-0.15, -0.1) is 0 Å². The Morgan fingerprint density at radius 3 is 2.64 bits per heavy atom. The van der Waals surface area contributed by atoms with Crippen LogP contribution in [0.4, 0.5) is 0 Å². The van der Waals surface area contributed by atoms with Gasteiger partial charge < -0.3 is 10.4 Å². The number of nitrogens with one attached hydrogen (secondary N) is 1. The van der Waals surface area contributed by atoms with E-state index in [4.69, 9.17) is 5.11 Å². The summed E-state index contributed by atoms with van der Waals surface area (Å²) in [6, 6.07) is -0.248. The van der Waals surface area contributed by atoms with Crippen LogP contribution in [0.15, 0.2) is 0 Å². The molecule has 62 valence electrons. The van der Waals surface area contributed by atoms with E-state index in [1.165, 1.54) is 12.8 Å². The van der Waals surface area contributed by atoms with Crippen LogP contribution in [0.5, 0.6) is 0 Å². The van der Waals surface area contributed by atoms with Crippen LogP contribution in [0.25, 0.3) is 0 Å². The van der Waals surface area contributed by atoms with E-state index in [-0.39, 0.29) is 6.04 Å². The standard InChI is InChI=1S/C8H13NO2/c10-8(11)7-6(3-4-9-7)5-1-2-5/h5-7,9H,1-4H2,(H,10,11)/t6-,7-/m1/s1. The van der Waals surface area contributed by atoms with Gasteiger partial charge in [-0.2, -0.15) is 0 Å². The molecule has 0 aromatic carbocycles. The van der Waals surface area contributed by atoms with E-state index >= 15 is 0 Å². The summed E-state index contributed by atoms with van der Waals surface area (Å²) < 4.78 is 0. The lowest BCUT2D eigenvalue weighted by Crippen LogP contribution is -2.36. The first-order valence-electron chi connectivity index (χ1n) is 4.25. The molecular weight excluding hydrogens is 142 g/mol. The number of rotatable bonds is 2. The predicted molar refractivity (Wildman–Crippen MR) is 40.3 cm³/mol. The average Bonchev–Trinajstić information content (AvgIpc) is 2.68. The third kappa shape index (κ3) is 1.25. The molecule has 0 aromatic rings. The van der Waals surface area contributed by atoms with Crippen molar-refractivity contribution in [1.82, 2.24) is 5.32 Å². The van der Waals surface area contributed by atoms with Crippen molar-refractivity contribution in [2.24, 2.45) is 11.8 Å². The largest absolute Gasteiger partial charge is 0.480 e. The first-order valence-corrected chi connectivity index (χ1v) is 4.25. The van der Waals surface area contributed by atoms with Gasteiger partial charge in [-0.05, 0) is 37.6 Å². The lowest BCUT2D eigenvalue weighted by Gasteiger charge is -2.13. The molecule has 0 radical (unpaired) electrons. The molecule has 1 aliphatic heterocycles. The smallest absolute Gasteiger partial charge is 0.320 e. The Balaban J connectivity index is 2.01. The van der Waals surface area contributed by atoms with Crippen molar-refractivity contribution < 1.29 is 9.90 Å². The molecule has 2 atom stereocenters. The Morgan fingerprint density at radius 2 is 2.09 bits per heavy atom. The highest BCUT2D eigenvalue weighted by Crippen LogP contribution is 2.41. The number of carbonyl (C=O) groups is 1. The van der Waals surface area contributed by atoms with E-state index in [9.17, 15) is 4.79 Å². The highest BCUT2D eigenvalue weighted by atomic mass is 16.4. The molecule has 3 nitrogen and oxygen atoms in total. The van der Waals surface area contributed by atoms with Gasteiger partial charge in [0.05, 0.1) is 0 Å². The van der Waals surface area contributed by atoms with Crippen LogP contribution in [0.1, 0.15) is 19.3 Å². The molecule has 0 aromatic heterocycles. The molecule has 0 unspecified atom stereocenters. The van der Waals surface area contributed by atoms with Crippen molar-refractivity contribution >= 4 is 5.97 Å². The number of hydrogen-bond acceptors (Lipinski definition) is 2. The third-order valence-corrected chi connectivity index (χ3v) is 2.76. The Labute approximate surface area is 65.8 Å². The van der Waals surface area contributed by atoms with Gasteiger partial charge in [0.25, 0.3) is 0 Å². The minimum atomic E-state index is -0.667. The van der Waals surface area contributed by atoms with Crippen molar-refractivity contribution in [3.05, 3.63) is 0 Å². The first kappa shape index (κ1) is 7.10. The fourth-order valence-corrected chi connectivity index (χ4v) is 2.03. The van der Waals surface area contributed by atoms with Crippen LogP contribution in [0.2, 0.25) is 0 Å². The van der Waals surface area contributed by atoms with Crippen LogP contribution in [0.3, 0.4) is 0 Å². The molecule has 3 heteroatoms. The van der Waals surface area contributed by atoms with Crippen molar-refractivity contribution in [3.63, 3.8) is 0 Å². The maximum absolute atomic E-state index is 10.7. The van der Waals surface area contributed by atoms with Crippen LogP contribution >= 0.6 is 0 Å². The highest BCUT2D eigenvalue weighted by Gasteiger charge is 2.42. The van der Waals surface area contributed by atoms with Crippen molar-refractivity contribution in [2.75, 3.05) is 6.54 Å². The van der Waals surface area contributed by atoms with Gasteiger partial charge >= 0.3 is 5.97 Å². The number of carboxylic acids is 1. The van der Waals surface area contributed by atoms with Gasteiger partial charge in [0.15, 0.2) is 0 Å². The molecule has 2 rings (SSSR count). The van der Waals surface area contributed by atoms with E-state index in [1.54, 1.807) is 0 Å². The number of carboxylic acid groups (broad SMARTS) is 1. The van der Waals surface area contributed by atoms with E-state index in [0.29, 0.717) is 11.8 Å². The summed E-state index contributed by atoms with van der Waals surface area (Å²) in [5, 5.41) is 11.8. The predicted octanol–water partition coefficient (Wildman–Crippen LogP) is 0.459. The molecule has 1 aliphatic carbocycles. The van der Waals surface area contributed by atoms with Gasteiger partial charge in [0.2, 0.25) is 0 Å². The van der Waals surface area contributed by atoms with Crippen LogP contribution in [-0.2, 0) is 4.79 Å². The zero-order valence-corrected chi connectivity index (χ0v) is 6.42. The molecular formula is C8H13NO2. The second-order valence-corrected chi connectivity index (χ2v) is 3.56. The molecule has 0 amide bonds. The van der Waals surface area contributed by atoms with Crippen molar-refractivity contribution in [3.8, 4) is 0 Å². The van der Waals surface area contributed by atoms with Gasteiger partial charge in [0, 0.05) is 0 Å². The van der Waals surface area contributed by atoms with Crippen LogP contribution in [-0.4, -0.2) is 23.7 Å². The van der Waals surface area contributed by atoms with E-state index in [2.05, 4.69) is 5.32 Å². The monoisotopic (exact) mass is 155 g/mol.